The molecule has 3 nitrogen and oxygen atoms in total. The maximum absolute atomic E-state index is 11.5. The minimum atomic E-state index is -0.323. The number of halogens is 1. The predicted molar refractivity (Wildman–Crippen MR) is 79.1 cm³/mol. The van der Waals surface area contributed by atoms with Crippen molar-refractivity contribution in [1.29, 1.82) is 0 Å². The van der Waals surface area contributed by atoms with Crippen LogP contribution in [0.1, 0.15) is 22.5 Å². The maximum Gasteiger partial charge on any atom is 0.336 e. The highest BCUT2D eigenvalue weighted by molar-refractivity contribution is 9.08. The van der Waals surface area contributed by atoms with Gasteiger partial charge in [-0.1, -0.05) is 15.9 Å². The molecule has 3 aromatic rings. The number of hydrogen-bond donors (Lipinski definition) is 0. The van der Waals surface area contributed by atoms with Crippen LogP contribution in [0.2, 0.25) is 0 Å². The summed E-state index contributed by atoms with van der Waals surface area (Å²) in [5.41, 5.74) is 4.03. The van der Waals surface area contributed by atoms with E-state index in [1.807, 2.05) is 26.8 Å². The molecule has 2 aromatic heterocycles. The summed E-state index contributed by atoms with van der Waals surface area (Å²) in [6, 6.07) is 3.56. The van der Waals surface area contributed by atoms with Gasteiger partial charge in [-0.3, -0.25) is 0 Å². The van der Waals surface area contributed by atoms with Gasteiger partial charge in [0.15, 0.2) is 0 Å². The number of hydrogen-bond acceptors (Lipinski definition) is 3. The van der Waals surface area contributed by atoms with E-state index in [0.29, 0.717) is 10.9 Å². The molecular formula is C15H13BrO3. The van der Waals surface area contributed by atoms with Crippen molar-refractivity contribution in [3.8, 4) is 0 Å². The van der Waals surface area contributed by atoms with Gasteiger partial charge in [0.2, 0.25) is 0 Å². The lowest BCUT2D eigenvalue weighted by Gasteiger charge is -2.04. The summed E-state index contributed by atoms with van der Waals surface area (Å²) in [4.78, 5) is 11.5. The van der Waals surface area contributed by atoms with Crippen molar-refractivity contribution in [2.45, 2.75) is 26.1 Å². The number of rotatable bonds is 1. The molecule has 98 valence electrons. The summed E-state index contributed by atoms with van der Waals surface area (Å²) in [6.45, 7) is 5.89. The van der Waals surface area contributed by atoms with Gasteiger partial charge < -0.3 is 8.83 Å². The van der Waals surface area contributed by atoms with Crippen molar-refractivity contribution in [3.63, 3.8) is 0 Å². The van der Waals surface area contributed by atoms with Gasteiger partial charge in [-0.25, -0.2) is 4.79 Å². The highest BCUT2D eigenvalue weighted by Gasteiger charge is 2.16. The topological polar surface area (TPSA) is 43.4 Å². The van der Waals surface area contributed by atoms with Crippen molar-refractivity contribution in [1.82, 2.24) is 0 Å². The number of benzene rings is 1. The zero-order chi connectivity index (χ0) is 13.7. The van der Waals surface area contributed by atoms with Crippen molar-refractivity contribution in [2.24, 2.45) is 0 Å². The number of fused-ring (bicyclic) bond motifs is 2. The molecule has 0 saturated carbocycles. The van der Waals surface area contributed by atoms with Crippen LogP contribution in [0.4, 0.5) is 0 Å². The van der Waals surface area contributed by atoms with Gasteiger partial charge >= 0.3 is 5.63 Å². The first-order chi connectivity index (χ1) is 9.02. The van der Waals surface area contributed by atoms with Crippen LogP contribution < -0.4 is 5.63 Å². The van der Waals surface area contributed by atoms with E-state index < -0.39 is 0 Å². The Labute approximate surface area is 118 Å². The van der Waals surface area contributed by atoms with Crippen LogP contribution >= 0.6 is 15.9 Å². The van der Waals surface area contributed by atoms with E-state index in [1.54, 1.807) is 0 Å². The molecule has 0 atom stereocenters. The van der Waals surface area contributed by atoms with Gasteiger partial charge in [0.1, 0.15) is 16.9 Å². The van der Waals surface area contributed by atoms with Crippen LogP contribution in [0.15, 0.2) is 25.8 Å². The van der Waals surface area contributed by atoms with Crippen molar-refractivity contribution in [2.75, 3.05) is 0 Å². The number of aryl methyl sites for hydroxylation is 3. The third-order valence-corrected chi connectivity index (χ3v) is 4.10. The molecule has 0 unspecified atom stereocenters. The first-order valence-corrected chi connectivity index (χ1v) is 7.17. The quantitative estimate of drug-likeness (QED) is 0.494. The average Bonchev–Trinajstić information content (AvgIpc) is 2.69. The highest BCUT2D eigenvalue weighted by atomic mass is 79.9. The monoisotopic (exact) mass is 320 g/mol. The Hall–Kier alpha value is -1.55. The lowest BCUT2D eigenvalue weighted by molar-refractivity contribution is 0.550. The maximum atomic E-state index is 11.5. The first kappa shape index (κ1) is 12.5. The zero-order valence-corrected chi connectivity index (χ0v) is 12.6. The largest absolute Gasteiger partial charge is 0.459 e. The van der Waals surface area contributed by atoms with Gasteiger partial charge in [-0.15, -0.1) is 0 Å². The third kappa shape index (κ3) is 1.74. The van der Waals surface area contributed by atoms with E-state index in [4.69, 9.17) is 8.83 Å². The predicted octanol–water partition coefficient (Wildman–Crippen LogP) is 4.36. The molecule has 0 N–H and O–H groups in total. The molecule has 0 amide bonds. The van der Waals surface area contributed by atoms with Crippen LogP contribution in [0.25, 0.3) is 21.9 Å². The fourth-order valence-electron chi connectivity index (χ4n) is 2.48. The number of alkyl halides is 1. The van der Waals surface area contributed by atoms with Crippen LogP contribution in [-0.2, 0) is 5.33 Å². The van der Waals surface area contributed by atoms with Crippen LogP contribution in [-0.4, -0.2) is 0 Å². The molecule has 0 spiro atoms. The summed E-state index contributed by atoms with van der Waals surface area (Å²) in [5, 5.41) is 2.72. The molecule has 2 heterocycles. The minimum absolute atomic E-state index is 0.323. The number of furan rings is 1. The summed E-state index contributed by atoms with van der Waals surface area (Å²) in [7, 11) is 0. The molecule has 3 rings (SSSR count). The Morgan fingerprint density at radius 1 is 1.00 bits per heavy atom. The van der Waals surface area contributed by atoms with E-state index in [0.717, 1.165) is 38.8 Å². The summed E-state index contributed by atoms with van der Waals surface area (Å²) in [6.07, 6.45) is 0. The smallest absolute Gasteiger partial charge is 0.336 e. The summed E-state index contributed by atoms with van der Waals surface area (Å²) < 4.78 is 11.2. The molecule has 0 saturated heterocycles. The second kappa shape index (κ2) is 4.23. The molecule has 1 aromatic carbocycles. The van der Waals surface area contributed by atoms with Gasteiger partial charge in [0.05, 0.1) is 5.33 Å². The van der Waals surface area contributed by atoms with Gasteiger partial charge in [0, 0.05) is 22.4 Å². The average molecular weight is 321 g/mol. The molecule has 0 bridgehead atoms. The SMILES string of the molecule is Cc1cc(=O)oc2c(C)c3oc(CBr)c(C)c3cc12. The van der Waals surface area contributed by atoms with Crippen LogP contribution in [0.5, 0.6) is 0 Å². The standard InChI is InChI=1S/C15H13BrO3/c1-7-4-13(17)19-14-9(3)15-11(5-10(7)14)8(2)12(6-16)18-15/h4-5H,6H2,1-3H3. The fraction of sp³-hybridized carbons (Fsp3) is 0.267. The van der Waals surface area contributed by atoms with Crippen molar-refractivity contribution in [3.05, 3.63) is 45.0 Å². The van der Waals surface area contributed by atoms with Crippen LogP contribution in [0, 0.1) is 20.8 Å². The van der Waals surface area contributed by atoms with Gasteiger partial charge in [-0.2, -0.15) is 0 Å². The first-order valence-electron chi connectivity index (χ1n) is 6.05. The van der Waals surface area contributed by atoms with Gasteiger partial charge in [0.25, 0.3) is 0 Å². The molecule has 19 heavy (non-hydrogen) atoms. The van der Waals surface area contributed by atoms with Crippen LogP contribution in [0.3, 0.4) is 0 Å². The summed E-state index contributed by atoms with van der Waals surface area (Å²) >= 11 is 3.43. The normalized spacial score (nSPS) is 11.6. The van der Waals surface area contributed by atoms with E-state index in [2.05, 4.69) is 15.9 Å². The molecule has 4 heteroatoms. The second-order valence-corrected chi connectivity index (χ2v) is 5.35. The van der Waals surface area contributed by atoms with E-state index in [1.165, 1.54) is 6.07 Å². The third-order valence-electron chi connectivity index (χ3n) is 3.59. The van der Waals surface area contributed by atoms with Crippen molar-refractivity contribution < 1.29 is 8.83 Å². The molecule has 0 radical (unpaired) electrons. The van der Waals surface area contributed by atoms with E-state index >= 15 is 0 Å². The Morgan fingerprint density at radius 3 is 2.37 bits per heavy atom. The Bertz CT molecular complexity index is 855. The Kier molecular flexibility index (Phi) is 2.78. The molecular weight excluding hydrogens is 308 g/mol. The second-order valence-electron chi connectivity index (χ2n) is 4.79. The van der Waals surface area contributed by atoms with Gasteiger partial charge in [-0.05, 0) is 38.0 Å². The molecule has 0 fully saturated rings. The van der Waals surface area contributed by atoms with E-state index in [9.17, 15) is 4.79 Å². The molecule has 0 aliphatic rings. The highest BCUT2D eigenvalue weighted by Crippen LogP contribution is 2.34. The fourth-order valence-corrected chi connectivity index (χ4v) is 3.01. The lowest BCUT2D eigenvalue weighted by atomic mass is 10.0. The van der Waals surface area contributed by atoms with E-state index in [-0.39, 0.29) is 5.63 Å². The lowest BCUT2D eigenvalue weighted by Crippen LogP contribution is -1.99. The Morgan fingerprint density at radius 2 is 1.68 bits per heavy atom. The summed E-state index contributed by atoms with van der Waals surface area (Å²) in [5.74, 6) is 0.911. The molecule has 0 aliphatic carbocycles. The Balaban J connectivity index is 2.58. The van der Waals surface area contributed by atoms with Crippen molar-refractivity contribution >= 4 is 37.9 Å². The minimum Gasteiger partial charge on any atom is -0.459 e. The zero-order valence-electron chi connectivity index (χ0n) is 11.0. The molecule has 0 aliphatic heterocycles.